The van der Waals surface area contributed by atoms with Gasteiger partial charge in [-0.3, -0.25) is 19.2 Å². The predicted molar refractivity (Wildman–Crippen MR) is 104 cm³/mol. The van der Waals surface area contributed by atoms with E-state index in [1.54, 1.807) is 48.5 Å². The molecule has 2 aromatic carbocycles. The molecule has 0 saturated carbocycles. The van der Waals surface area contributed by atoms with Crippen molar-refractivity contribution in [1.82, 2.24) is 0 Å². The van der Waals surface area contributed by atoms with Crippen molar-refractivity contribution in [2.75, 3.05) is 16.8 Å². The predicted octanol–water partition coefficient (Wildman–Crippen LogP) is 3.47. The lowest BCUT2D eigenvalue weighted by atomic mass is 10.1. The average molecular weight is 366 g/mol. The normalized spacial score (nSPS) is 10.2. The van der Waals surface area contributed by atoms with Crippen molar-refractivity contribution in [2.45, 2.75) is 27.2 Å². The van der Waals surface area contributed by atoms with Crippen molar-refractivity contribution in [1.29, 1.82) is 0 Å². The molecule has 6 nitrogen and oxygen atoms in total. The zero-order chi connectivity index (χ0) is 20.0. The van der Waals surface area contributed by atoms with Crippen molar-refractivity contribution in [3.05, 3.63) is 59.7 Å². The number of nitrogens with zero attached hydrogens (tertiary/aromatic N) is 1. The van der Waals surface area contributed by atoms with Gasteiger partial charge in [0, 0.05) is 42.4 Å². The Morgan fingerprint density at radius 1 is 0.778 bits per heavy atom. The van der Waals surface area contributed by atoms with Gasteiger partial charge in [0.2, 0.25) is 11.8 Å². The molecule has 27 heavy (non-hydrogen) atoms. The summed E-state index contributed by atoms with van der Waals surface area (Å²) in [5, 5.41) is 2.74. The van der Waals surface area contributed by atoms with Crippen molar-refractivity contribution < 1.29 is 19.2 Å². The Balaban J connectivity index is 1.98. The fourth-order valence-corrected chi connectivity index (χ4v) is 2.57. The molecule has 0 aliphatic heterocycles. The number of nitrogens with one attached hydrogen (secondary N) is 1. The molecule has 0 fully saturated rings. The van der Waals surface area contributed by atoms with Crippen LogP contribution in [0.5, 0.6) is 0 Å². The molecule has 0 aliphatic rings. The molecule has 0 aliphatic carbocycles. The van der Waals surface area contributed by atoms with E-state index >= 15 is 0 Å². The maximum absolute atomic E-state index is 12.2. The van der Waals surface area contributed by atoms with Crippen molar-refractivity contribution in [3.63, 3.8) is 0 Å². The van der Waals surface area contributed by atoms with Crippen LogP contribution in [0.25, 0.3) is 0 Å². The van der Waals surface area contributed by atoms with Gasteiger partial charge in [0.05, 0.1) is 0 Å². The minimum atomic E-state index is -0.239. The summed E-state index contributed by atoms with van der Waals surface area (Å²) in [4.78, 5) is 48.2. The minimum absolute atomic E-state index is 0.0410. The van der Waals surface area contributed by atoms with E-state index in [1.165, 1.54) is 25.7 Å². The SMILES string of the molecule is CC(=O)c1ccc(NC(=O)CCN(C(C)=O)c2ccc(C(C)=O)cc2)cc1. The van der Waals surface area contributed by atoms with E-state index < -0.39 is 0 Å². The molecule has 0 saturated heterocycles. The number of carbonyl (C=O) groups is 4. The number of anilines is 2. The van der Waals surface area contributed by atoms with E-state index in [9.17, 15) is 19.2 Å². The average Bonchev–Trinajstić information content (AvgIpc) is 2.62. The molecule has 1 N–H and O–H groups in total. The van der Waals surface area contributed by atoms with Gasteiger partial charge in [-0.25, -0.2) is 0 Å². The summed E-state index contributed by atoms with van der Waals surface area (Å²) in [5.41, 5.74) is 2.36. The molecule has 2 rings (SSSR count). The lowest BCUT2D eigenvalue weighted by Crippen LogP contribution is -2.32. The van der Waals surface area contributed by atoms with Crippen molar-refractivity contribution >= 4 is 34.8 Å². The van der Waals surface area contributed by atoms with Gasteiger partial charge in [-0.15, -0.1) is 0 Å². The number of carbonyl (C=O) groups excluding carboxylic acids is 4. The van der Waals surface area contributed by atoms with Crippen LogP contribution >= 0.6 is 0 Å². The summed E-state index contributed by atoms with van der Waals surface area (Å²) in [6, 6.07) is 13.3. The summed E-state index contributed by atoms with van der Waals surface area (Å²) in [6.45, 7) is 4.60. The number of Topliss-reactive ketones (excluding diaryl/α,β-unsaturated/α-hetero) is 2. The highest BCUT2D eigenvalue weighted by molar-refractivity contribution is 5.97. The molecule has 0 atom stereocenters. The van der Waals surface area contributed by atoms with Crippen LogP contribution in [-0.2, 0) is 9.59 Å². The third-order valence-corrected chi connectivity index (χ3v) is 4.10. The molecule has 0 radical (unpaired) electrons. The Labute approximate surface area is 158 Å². The molecule has 0 spiro atoms. The first-order chi connectivity index (χ1) is 12.8. The number of ketones is 2. The van der Waals surface area contributed by atoms with E-state index in [0.29, 0.717) is 22.5 Å². The molecule has 0 heterocycles. The highest BCUT2D eigenvalue weighted by Crippen LogP contribution is 2.17. The van der Waals surface area contributed by atoms with E-state index in [-0.39, 0.29) is 36.3 Å². The Bertz CT molecular complexity index is 855. The molecular formula is C21H22N2O4. The zero-order valence-electron chi connectivity index (χ0n) is 15.6. The van der Waals surface area contributed by atoms with Crippen LogP contribution < -0.4 is 10.2 Å². The summed E-state index contributed by atoms with van der Waals surface area (Å²) in [7, 11) is 0. The molecule has 0 bridgehead atoms. The Morgan fingerprint density at radius 2 is 1.26 bits per heavy atom. The van der Waals surface area contributed by atoms with E-state index in [1.807, 2.05) is 0 Å². The summed E-state index contributed by atoms with van der Waals surface area (Å²) >= 11 is 0. The number of amides is 2. The van der Waals surface area contributed by atoms with Gasteiger partial charge in [0.15, 0.2) is 11.6 Å². The summed E-state index contributed by atoms with van der Waals surface area (Å²) in [6.07, 6.45) is 0.114. The monoisotopic (exact) mass is 366 g/mol. The van der Waals surface area contributed by atoms with Gasteiger partial charge in [0.25, 0.3) is 0 Å². The van der Waals surface area contributed by atoms with E-state index in [0.717, 1.165) is 0 Å². The second-order valence-corrected chi connectivity index (χ2v) is 6.21. The first-order valence-electron chi connectivity index (χ1n) is 8.58. The number of benzene rings is 2. The highest BCUT2D eigenvalue weighted by Gasteiger charge is 2.14. The molecule has 0 aromatic heterocycles. The third kappa shape index (κ3) is 5.60. The molecule has 140 valence electrons. The van der Waals surface area contributed by atoms with Gasteiger partial charge in [-0.1, -0.05) is 0 Å². The zero-order valence-corrected chi connectivity index (χ0v) is 15.6. The summed E-state index contributed by atoms with van der Waals surface area (Å²) < 4.78 is 0. The lowest BCUT2D eigenvalue weighted by Gasteiger charge is -2.21. The fraction of sp³-hybridized carbons (Fsp3) is 0.238. The van der Waals surface area contributed by atoms with Gasteiger partial charge in [-0.05, 0) is 62.4 Å². The van der Waals surface area contributed by atoms with Crippen LogP contribution in [0, 0.1) is 0 Å². The molecule has 0 unspecified atom stereocenters. The highest BCUT2D eigenvalue weighted by atomic mass is 16.2. The standard InChI is InChI=1S/C21H22N2O4/c1-14(24)17-4-8-19(9-5-17)22-21(27)12-13-23(16(3)26)20-10-6-18(7-11-20)15(2)25/h4-11H,12-13H2,1-3H3,(H,22,27). The molecule has 2 aromatic rings. The molecular weight excluding hydrogens is 344 g/mol. The first-order valence-corrected chi connectivity index (χ1v) is 8.58. The van der Waals surface area contributed by atoms with Crippen LogP contribution in [-0.4, -0.2) is 29.9 Å². The Kier molecular flexibility index (Phi) is 6.60. The largest absolute Gasteiger partial charge is 0.326 e. The lowest BCUT2D eigenvalue weighted by molar-refractivity contribution is -0.117. The smallest absolute Gasteiger partial charge is 0.226 e. The maximum atomic E-state index is 12.2. The van der Waals surface area contributed by atoms with Gasteiger partial charge in [0.1, 0.15) is 0 Å². The van der Waals surface area contributed by atoms with Crippen LogP contribution in [0.3, 0.4) is 0 Å². The van der Waals surface area contributed by atoms with Crippen LogP contribution in [0.1, 0.15) is 47.9 Å². The van der Waals surface area contributed by atoms with Crippen LogP contribution in [0.15, 0.2) is 48.5 Å². The topological polar surface area (TPSA) is 83.6 Å². The number of hydrogen-bond donors (Lipinski definition) is 1. The van der Waals surface area contributed by atoms with Gasteiger partial charge < -0.3 is 10.2 Å². The quantitative estimate of drug-likeness (QED) is 0.761. The second-order valence-electron chi connectivity index (χ2n) is 6.21. The Hall–Kier alpha value is -3.28. The number of hydrogen-bond acceptors (Lipinski definition) is 4. The van der Waals surface area contributed by atoms with E-state index in [2.05, 4.69) is 5.32 Å². The Morgan fingerprint density at radius 3 is 1.70 bits per heavy atom. The van der Waals surface area contributed by atoms with Crippen LogP contribution in [0.2, 0.25) is 0 Å². The fourth-order valence-electron chi connectivity index (χ4n) is 2.57. The third-order valence-electron chi connectivity index (χ3n) is 4.10. The number of rotatable bonds is 7. The van der Waals surface area contributed by atoms with Crippen molar-refractivity contribution in [3.8, 4) is 0 Å². The van der Waals surface area contributed by atoms with Crippen molar-refractivity contribution in [2.24, 2.45) is 0 Å². The van der Waals surface area contributed by atoms with Gasteiger partial charge in [-0.2, -0.15) is 0 Å². The molecule has 2 amide bonds. The second kappa shape index (κ2) is 8.89. The van der Waals surface area contributed by atoms with Gasteiger partial charge >= 0.3 is 0 Å². The minimum Gasteiger partial charge on any atom is -0.326 e. The van der Waals surface area contributed by atoms with E-state index in [4.69, 9.17) is 0 Å². The van der Waals surface area contributed by atoms with Crippen LogP contribution in [0.4, 0.5) is 11.4 Å². The first kappa shape index (κ1) is 20.0. The molecule has 6 heteroatoms. The summed E-state index contributed by atoms with van der Waals surface area (Å²) in [5.74, 6) is -0.520. The maximum Gasteiger partial charge on any atom is 0.226 e.